The molecule has 0 radical (unpaired) electrons. The number of para-hydroxylation sites is 1. The van der Waals surface area contributed by atoms with Crippen molar-refractivity contribution in [3.05, 3.63) is 66.3 Å². The first-order valence-corrected chi connectivity index (χ1v) is 6.53. The number of amides is 2. The summed E-state index contributed by atoms with van der Waals surface area (Å²) in [5, 5.41) is 10.2. The van der Waals surface area contributed by atoms with Crippen LogP contribution < -0.4 is 5.32 Å². The van der Waals surface area contributed by atoms with Gasteiger partial charge in [-0.05, 0) is 12.1 Å². The minimum absolute atomic E-state index is 0.216. The Morgan fingerprint density at radius 3 is 2.77 bits per heavy atom. The largest absolute Gasteiger partial charge is 0.320 e. The second kappa shape index (κ2) is 6.04. The van der Waals surface area contributed by atoms with Crippen molar-refractivity contribution in [2.75, 3.05) is 5.32 Å². The van der Waals surface area contributed by atoms with Gasteiger partial charge in [-0.25, -0.2) is 4.98 Å². The monoisotopic (exact) mass is 293 g/mol. The fraction of sp³-hybridized carbons (Fsp3) is 0.0667. The lowest BCUT2D eigenvalue weighted by Gasteiger charge is -2.14. The highest BCUT2D eigenvalue weighted by molar-refractivity contribution is 6.03. The molecule has 1 aromatic heterocycles. The summed E-state index contributed by atoms with van der Waals surface area (Å²) in [5.74, 6) is -0.759. The van der Waals surface area contributed by atoms with Crippen LogP contribution in [0, 0.1) is 0 Å². The number of benzene rings is 1. The Morgan fingerprint density at radius 1 is 1.18 bits per heavy atom. The summed E-state index contributed by atoms with van der Waals surface area (Å²) < 4.78 is 0. The van der Waals surface area contributed by atoms with Gasteiger partial charge in [-0.2, -0.15) is 5.11 Å². The number of hydrogen-bond donors (Lipinski definition) is 1. The van der Waals surface area contributed by atoms with Crippen molar-refractivity contribution in [2.45, 2.75) is 6.04 Å². The molecule has 7 nitrogen and oxygen atoms in total. The Labute approximate surface area is 125 Å². The first-order valence-electron chi connectivity index (χ1n) is 6.53. The van der Waals surface area contributed by atoms with Crippen molar-refractivity contribution < 1.29 is 9.59 Å². The molecule has 2 amide bonds. The van der Waals surface area contributed by atoms with Crippen LogP contribution in [0.25, 0.3) is 0 Å². The van der Waals surface area contributed by atoms with Crippen LogP contribution in [0.3, 0.4) is 0 Å². The molecule has 0 fully saturated rings. The van der Waals surface area contributed by atoms with Gasteiger partial charge in [0.15, 0.2) is 0 Å². The van der Waals surface area contributed by atoms with Gasteiger partial charge in [-0.1, -0.05) is 18.2 Å². The van der Waals surface area contributed by atoms with Crippen LogP contribution in [-0.4, -0.2) is 21.8 Å². The number of carbonyl (C=O) groups excluding carboxylic acids is 2. The minimum atomic E-state index is -0.406. The summed E-state index contributed by atoms with van der Waals surface area (Å²) in [4.78, 5) is 31.0. The van der Waals surface area contributed by atoms with Crippen molar-refractivity contribution >= 4 is 17.5 Å². The van der Waals surface area contributed by atoms with Gasteiger partial charge in [0.1, 0.15) is 11.7 Å². The highest BCUT2D eigenvalue weighted by atomic mass is 16.2. The van der Waals surface area contributed by atoms with Gasteiger partial charge in [0, 0.05) is 29.7 Å². The maximum absolute atomic E-state index is 12.2. The van der Waals surface area contributed by atoms with Gasteiger partial charge in [0.2, 0.25) is 0 Å². The van der Waals surface area contributed by atoms with E-state index in [0.29, 0.717) is 5.69 Å². The molecule has 7 heteroatoms. The molecule has 1 atom stereocenters. The van der Waals surface area contributed by atoms with E-state index in [4.69, 9.17) is 0 Å². The number of hydrogen-bond acceptors (Lipinski definition) is 5. The zero-order valence-corrected chi connectivity index (χ0v) is 11.4. The molecule has 1 aliphatic rings. The van der Waals surface area contributed by atoms with Crippen molar-refractivity contribution in [1.82, 2.24) is 9.97 Å². The third kappa shape index (κ3) is 2.93. The first-order chi connectivity index (χ1) is 10.7. The number of aromatic nitrogens is 2. The lowest BCUT2D eigenvalue weighted by Crippen LogP contribution is -2.15. The molecule has 1 aliphatic heterocycles. The predicted octanol–water partition coefficient (Wildman–Crippen LogP) is 2.32. The van der Waals surface area contributed by atoms with E-state index >= 15 is 0 Å². The normalized spacial score (nSPS) is 16.5. The lowest BCUT2D eigenvalue weighted by atomic mass is 10.0. The van der Waals surface area contributed by atoms with Crippen LogP contribution in [0.4, 0.5) is 5.69 Å². The molecule has 2 heterocycles. The molecule has 0 saturated heterocycles. The molecule has 108 valence electrons. The Hall–Kier alpha value is -3.22. The third-order valence-electron chi connectivity index (χ3n) is 3.03. The molecule has 3 rings (SSSR count). The summed E-state index contributed by atoms with van der Waals surface area (Å²) in [6.07, 6.45) is 7.33. The molecule has 1 N–H and O–H groups in total. The molecule has 22 heavy (non-hydrogen) atoms. The van der Waals surface area contributed by atoms with E-state index in [1.54, 1.807) is 18.2 Å². The minimum Gasteiger partial charge on any atom is -0.320 e. The fourth-order valence-corrected chi connectivity index (χ4v) is 2.00. The quantitative estimate of drug-likeness (QED) is 0.939. The molecule has 0 bridgehead atoms. The van der Waals surface area contributed by atoms with Crippen LogP contribution in [0.2, 0.25) is 0 Å². The van der Waals surface area contributed by atoms with Gasteiger partial charge < -0.3 is 5.32 Å². The zero-order chi connectivity index (χ0) is 15.4. The number of rotatable bonds is 3. The van der Waals surface area contributed by atoms with E-state index in [1.165, 1.54) is 24.7 Å². The number of azo groups is 1. The highest BCUT2D eigenvalue weighted by Gasteiger charge is 2.17. The van der Waals surface area contributed by atoms with Gasteiger partial charge >= 0.3 is 0 Å². The maximum atomic E-state index is 12.2. The van der Waals surface area contributed by atoms with Crippen LogP contribution in [0.1, 0.15) is 22.1 Å². The van der Waals surface area contributed by atoms with E-state index in [-0.39, 0.29) is 11.6 Å². The summed E-state index contributed by atoms with van der Waals surface area (Å²) >= 11 is 0. The van der Waals surface area contributed by atoms with E-state index < -0.39 is 11.9 Å². The average Bonchev–Trinajstić information content (AvgIpc) is 2.57. The van der Waals surface area contributed by atoms with Gasteiger partial charge in [0.25, 0.3) is 11.8 Å². The van der Waals surface area contributed by atoms with Gasteiger partial charge in [-0.3, -0.25) is 14.6 Å². The van der Waals surface area contributed by atoms with Crippen LogP contribution in [0.15, 0.2) is 65.2 Å². The molecular weight excluding hydrogens is 282 g/mol. The molecular formula is C15H11N5O2. The molecule has 1 aromatic carbocycles. The van der Waals surface area contributed by atoms with Gasteiger partial charge in [0.05, 0.1) is 6.20 Å². The second-order valence-corrected chi connectivity index (χ2v) is 4.49. The van der Waals surface area contributed by atoms with E-state index in [0.717, 1.165) is 5.56 Å². The molecule has 2 aromatic rings. The van der Waals surface area contributed by atoms with Crippen LogP contribution in [-0.2, 0) is 4.79 Å². The third-order valence-corrected chi connectivity index (χ3v) is 3.03. The average molecular weight is 293 g/mol. The Kier molecular flexibility index (Phi) is 3.78. The SMILES string of the molecule is O=C1C=CC(c2ccccc2NC(=O)c2cnccn2)N=N1. The van der Waals surface area contributed by atoms with E-state index in [2.05, 4.69) is 25.5 Å². The summed E-state index contributed by atoms with van der Waals surface area (Å²) in [7, 11) is 0. The standard InChI is InChI=1S/C15H11N5O2/c21-14-6-5-12(19-20-14)10-3-1-2-4-11(10)18-15(22)13-9-16-7-8-17-13/h1-9,12H,(H,18,22). The number of nitrogens with one attached hydrogen (secondary N) is 1. The zero-order valence-electron chi connectivity index (χ0n) is 11.4. The van der Waals surface area contributed by atoms with E-state index in [9.17, 15) is 9.59 Å². The summed E-state index contributed by atoms with van der Waals surface area (Å²) in [6, 6.07) is 6.79. The molecule has 0 aliphatic carbocycles. The fourth-order valence-electron chi connectivity index (χ4n) is 2.00. The van der Waals surface area contributed by atoms with Crippen molar-refractivity contribution in [3.63, 3.8) is 0 Å². The second-order valence-electron chi connectivity index (χ2n) is 4.49. The van der Waals surface area contributed by atoms with E-state index in [1.807, 2.05) is 12.1 Å². The Balaban J connectivity index is 1.86. The smallest absolute Gasteiger partial charge is 0.287 e. The van der Waals surface area contributed by atoms with Crippen molar-refractivity contribution in [3.8, 4) is 0 Å². The summed E-state index contributed by atoms with van der Waals surface area (Å²) in [6.45, 7) is 0. The first kappa shape index (κ1) is 13.7. The highest BCUT2D eigenvalue weighted by Crippen LogP contribution is 2.29. The lowest BCUT2D eigenvalue weighted by molar-refractivity contribution is -0.114. The number of nitrogens with zero attached hydrogens (tertiary/aromatic N) is 4. The molecule has 1 unspecified atom stereocenters. The molecule has 0 spiro atoms. The van der Waals surface area contributed by atoms with Crippen LogP contribution in [0.5, 0.6) is 0 Å². The predicted molar refractivity (Wildman–Crippen MR) is 78.2 cm³/mol. The van der Waals surface area contributed by atoms with Crippen LogP contribution >= 0.6 is 0 Å². The Bertz CT molecular complexity index is 755. The van der Waals surface area contributed by atoms with Gasteiger partial charge in [-0.15, -0.1) is 5.11 Å². The number of anilines is 1. The van der Waals surface area contributed by atoms with Crippen molar-refractivity contribution in [1.29, 1.82) is 0 Å². The topological polar surface area (TPSA) is 96.7 Å². The molecule has 0 saturated carbocycles. The maximum Gasteiger partial charge on any atom is 0.287 e. The Morgan fingerprint density at radius 2 is 2.05 bits per heavy atom. The number of carbonyl (C=O) groups is 2. The summed E-state index contributed by atoms with van der Waals surface area (Å²) in [5.41, 5.74) is 1.54. The van der Waals surface area contributed by atoms with Crippen molar-refractivity contribution in [2.24, 2.45) is 10.2 Å².